The van der Waals surface area contributed by atoms with Crippen LogP contribution in [0.25, 0.3) is 0 Å². The lowest BCUT2D eigenvalue weighted by molar-refractivity contribution is -0.146. The summed E-state index contributed by atoms with van der Waals surface area (Å²) in [6.45, 7) is 0.560. The Labute approximate surface area is 130 Å². The normalized spacial score (nSPS) is 22.0. The zero-order valence-corrected chi connectivity index (χ0v) is 13.4. The third-order valence-corrected chi connectivity index (χ3v) is 5.65. The summed E-state index contributed by atoms with van der Waals surface area (Å²) in [4.78, 5) is 13.2. The predicted molar refractivity (Wildman–Crippen MR) is 81.0 cm³/mol. The van der Waals surface area contributed by atoms with Gasteiger partial charge >= 0.3 is 0 Å². The van der Waals surface area contributed by atoms with E-state index in [0.29, 0.717) is 11.4 Å². The van der Waals surface area contributed by atoms with Gasteiger partial charge in [0.2, 0.25) is 15.9 Å². The van der Waals surface area contributed by atoms with Crippen molar-refractivity contribution in [2.24, 2.45) is 0 Å². The minimum atomic E-state index is -3.55. The number of hydrogen-bond donors (Lipinski definition) is 1. The maximum atomic E-state index is 12.4. The molecule has 1 unspecified atom stereocenters. The van der Waals surface area contributed by atoms with Gasteiger partial charge in [-0.1, -0.05) is 6.07 Å². The highest BCUT2D eigenvalue weighted by atomic mass is 32.2. The number of benzene rings is 1. The van der Waals surface area contributed by atoms with Crippen molar-refractivity contribution in [3.05, 3.63) is 29.3 Å². The van der Waals surface area contributed by atoms with Crippen molar-refractivity contribution in [3.63, 3.8) is 0 Å². The van der Waals surface area contributed by atoms with Crippen molar-refractivity contribution in [1.82, 2.24) is 9.62 Å². The van der Waals surface area contributed by atoms with Gasteiger partial charge in [-0.05, 0) is 42.5 Å². The van der Waals surface area contributed by atoms with E-state index in [0.717, 1.165) is 24.8 Å². The number of aryl methyl sites for hydroxylation is 2. The van der Waals surface area contributed by atoms with E-state index in [1.165, 1.54) is 5.56 Å². The molecule has 0 radical (unpaired) electrons. The first-order valence-electron chi connectivity index (χ1n) is 7.43. The van der Waals surface area contributed by atoms with Gasteiger partial charge in [0.05, 0.1) is 11.0 Å². The molecule has 1 saturated heterocycles. The first kappa shape index (κ1) is 15.5. The van der Waals surface area contributed by atoms with Crippen molar-refractivity contribution >= 4 is 15.9 Å². The number of ether oxygens (including phenoxy) is 1. The number of carbonyl (C=O) groups is 1. The van der Waals surface area contributed by atoms with Crippen LogP contribution < -0.4 is 4.72 Å². The number of nitrogens with one attached hydrogen (secondary N) is 1. The molecular formula is C15H20N2O4S. The fraction of sp³-hybridized carbons (Fsp3) is 0.533. The van der Waals surface area contributed by atoms with Gasteiger partial charge in [0.15, 0.2) is 0 Å². The Morgan fingerprint density at radius 3 is 2.86 bits per heavy atom. The molecule has 0 aromatic heterocycles. The van der Waals surface area contributed by atoms with E-state index in [4.69, 9.17) is 4.74 Å². The standard InChI is InChI=1S/C15H20N2O4S/c1-17-9-13(21-10-15(17)18)8-16-22(19,20)14-6-5-11-3-2-4-12(11)7-14/h5-7,13,16H,2-4,8-10H2,1H3. The summed E-state index contributed by atoms with van der Waals surface area (Å²) < 4.78 is 32.7. The molecule has 7 heteroatoms. The molecule has 120 valence electrons. The third kappa shape index (κ3) is 3.16. The molecule has 0 saturated carbocycles. The van der Waals surface area contributed by atoms with Gasteiger partial charge in [-0.3, -0.25) is 4.79 Å². The highest BCUT2D eigenvalue weighted by molar-refractivity contribution is 7.89. The van der Waals surface area contributed by atoms with E-state index in [9.17, 15) is 13.2 Å². The monoisotopic (exact) mass is 324 g/mol. The van der Waals surface area contributed by atoms with Crippen molar-refractivity contribution in [2.75, 3.05) is 26.7 Å². The van der Waals surface area contributed by atoms with Crippen LogP contribution in [-0.4, -0.2) is 52.1 Å². The molecule has 1 aliphatic heterocycles. The zero-order chi connectivity index (χ0) is 15.7. The summed E-state index contributed by atoms with van der Waals surface area (Å²) in [7, 11) is -1.86. The average Bonchev–Trinajstić information content (AvgIpc) is 2.96. The molecular weight excluding hydrogens is 304 g/mol. The molecule has 1 atom stereocenters. The molecule has 1 amide bonds. The van der Waals surface area contributed by atoms with E-state index in [2.05, 4.69) is 4.72 Å². The van der Waals surface area contributed by atoms with Crippen LogP contribution in [0.1, 0.15) is 17.5 Å². The van der Waals surface area contributed by atoms with Crippen LogP contribution in [0.3, 0.4) is 0 Å². The third-order valence-electron chi connectivity index (χ3n) is 4.23. The fourth-order valence-corrected chi connectivity index (χ4v) is 4.00. The first-order chi connectivity index (χ1) is 10.5. The van der Waals surface area contributed by atoms with Gasteiger partial charge in [-0.15, -0.1) is 0 Å². The number of carbonyl (C=O) groups excluding carboxylic acids is 1. The van der Waals surface area contributed by atoms with E-state index < -0.39 is 10.0 Å². The van der Waals surface area contributed by atoms with Gasteiger partial charge < -0.3 is 9.64 Å². The molecule has 1 aliphatic carbocycles. The quantitative estimate of drug-likeness (QED) is 0.865. The first-order valence-corrected chi connectivity index (χ1v) is 8.91. The van der Waals surface area contributed by atoms with Gasteiger partial charge in [0, 0.05) is 20.1 Å². The minimum Gasteiger partial charge on any atom is -0.365 e. The SMILES string of the molecule is CN1CC(CNS(=O)(=O)c2ccc3c(c2)CCC3)OCC1=O. The van der Waals surface area contributed by atoms with Crippen molar-refractivity contribution in [2.45, 2.75) is 30.3 Å². The number of rotatable bonds is 4. The Balaban J connectivity index is 1.65. The number of likely N-dealkylation sites (N-methyl/N-ethyl adjacent to an activating group) is 1. The second-order valence-corrected chi connectivity index (χ2v) is 7.61. The molecule has 0 bridgehead atoms. The second-order valence-electron chi connectivity index (χ2n) is 5.84. The summed E-state index contributed by atoms with van der Waals surface area (Å²) >= 11 is 0. The Morgan fingerprint density at radius 2 is 2.09 bits per heavy atom. The number of morpholine rings is 1. The van der Waals surface area contributed by atoms with Crippen LogP contribution in [0, 0.1) is 0 Å². The van der Waals surface area contributed by atoms with Crippen LogP contribution in [0.15, 0.2) is 23.1 Å². The maximum Gasteiger partial charge on any atom is 0.248 e. The van der Waals surface area contributed by atoms with Crippen molar-refractivity contribution < 1.29 is 17.9 Å². The Bertz CT molecular complexity index is 687. The second kappa shape index (κ2) is 5.98. The Morgan fingerprint density at radius 1 is 1.32 bits per heavy atom. The van der Waals surface area contributed by atoms with E-state index >= 15 is 0 Å². The molecule has 22 heavy (non-hydrogen) atoms. The van der Waals surface area contributed by atoms with Gasteiger partial charge in [0.25, 0.3) is 0 Å². The van der Waals surface area contributed by atoms with Crippen LogP contribution in [-0.2, 0) is 32.4 Å². The largest absolute Gasteiger partial charge is 0.365 e. The number of amides is 1. The van der Waals surface area contributed by atoms with E-state index in [1.54, 1.807) is 24.1 Å². The number of fused-ring (bicyclic) bond motifs is 1. The minimum absolute atomic E-state index is 0.00173. The van der Waals surface area contributed by atoms with E-state index in [-0.39, 0.29) is 25.2 Å². The fourth-order valence-electron chi connectivity index (χ4n) is 2.88. The summed E-state index contributed by atoms with van der Waals surface area (Å²) in [6, 6.07) is 5.33. The zero-order valence-electron chi connectivity index (χ0n) is 12.5. The summed E-state index contributed by atoms with van der Waals surface area (Å²) in [5.74, 6) is -0.0854. The Hall–Kier alpha value is -1.44. The lowest BCUT2D eigenvalue weighted by Crippen LogP contribution is -2.48. The van der Waals surface area contributed by atoms with Crippen LogP contribution in [0.2, 0.25) is 0 Å². The molecule has 2 aliphatic rings. The van der Waals surface area contributed by atoms with Crippen LogP contribution in [0.4, 0.5) is 0 Å². The molecule has 0 spiro atoms. The molecule has 1 aromatic rings. The lowest BCUT2D eigenvalue weighted by Gasteiger charge is -2.29. The number of hydrogen-bond acceptors (Lipinski definition) is 4. The lowest BCUT2D eigenvalue weighted by atomic mass is 10.1. The highest BCUT2D eigenvalue weighted by Crippen LogP contribution is 2.24. The summed E-state index contributed by atoms with van der Waals surface area (Å²) in [5, 5.41) is 0. The van der Waals surface area contributed by atoms with Crippen molar-refractivity contribution in [1.29, 1.82) is 0 Å². The molecule has 1 heterocycles. The summed E-state index contributed by atoms with van der Waals surface area (Å²) in [5.41, 5.74) is 2.37. The topological polar surface area (TPSA) is 75.7 Å². The van der Waals surface area contributed by atoms with Gasteiger partial charge in [-0.2, -0.15) is 0 Å². The van der Waals surface area contributed by atoms with Crippen molar-refractivity contribution in [3.8, 4) is 0 Å². The molecule has 1 N–H and O–H groups in total. The maximum absolute atomic E-state index is 12.4. The Kier molecular flexibility index (Phi) is 4.20. The number of nitrogens with zero attached hydrogens (tertiary/aromatic N) is 1. The van der Waals surface area contributed by atoms with Gasteiger partial charge in [0.1, 0.15) is 6.61 Å². The number of sulfonamides is 1. The predicted octanol–water partition coefficient (Wildman–Crippen LogP) is 0.311. The summed E-state index contributed by atoms with van der Waals surface area (Å²) in [6.07, 6.45) is 2.74. The molecule has 3 rings (SSSR count). The molecule has 1 aromatic carbocycles. The van der Waals surface area contributed by atoms with Crippen LogP contribution >= 0.6 is 0 Å². The van der Waals surface area contributed by atoms with E-state index in [1.807, 2.05) is 6.07 Å². The smallest absolute Gasteiger partial charge is 0.248 e. The highest BCUT2D eigenvalue weighted by Gasteiger charge is 2.25. The molecule has 1 fully saturated rings. The van der Waals surface area contributed by atoms with Crippen LogP contribution in [0.5, 0.6) is 0 Å². The average molecular weight is 324 g/mol. The molecule has 6 nitrogen and oxygen atoms in total. The van der Waals surface area contributed by atoms with Gasteiger partial charge in [-0.25, -0.2) is 13.1 Å².